The summed E-state index contributed by atoms with van der Waals surface area (Å²) < 4.78 is 20.7. The summed E-state index contributed by atoms with van der Waals surface area (Å²) >= 11 is 5.00. The van der Waals surface area contributed by atoms with Gasteiger partial charge in [0, 0.05) is 5.88 Å². The summed E-state index contributed by atoms with van der Waals surface area (Å²) in [4.78, 5) is 0. The topological polar surface area (TPSA) is 0 Å². The van der Waals surface area contributed by atoms with E-state index in [0.29, 0.717) is 0 Å². The normalized spacial score (nSPS) is 7.71. The highest BCUT2D eigenvalue weighted by Crippen LogP contribution is 1.82. The van der Waals surface area contributed by atoms with Crippen molar-refractivity contribution < 1.29 is 8.78 Å². The predicted molar refractivity (Wildman–Crippen MR) is 28.1 cm³/mol. The van der Waals surface area contributed by atoms with Gasteiger partial charge in [-0.3, -0.25) is 0 Å². The van der Waals surface area contributed by atoms with E-state index in [1.54, 1.807) is 0 Å². The molecule has 0 unspecified atom stereocenters. The first-order valence-corrected chi connectivity index (χ1v) is 2.52. The lowest BCUT2D eigenvalue weighted by molar-refractivity contribution is 0.171. The Balaban J connectivity index is 0. The Morgan fingerprint density at radius 3 is 1.57 bits per heavy atom. The molecule has 0 bridgehead atoms. The lowest BCUT2D eigenvalue weighted by atomic mass is 10.9. The summed E-state index contributed by atoms with van der Waals surface area (Å²) in [6.07, 6.45) is -2.17. The average Bonchev–Trinajstić information content (AvgIpc) is 1.33. The fraction of sp³-hybridized carbons (Fsp3) is 1.00. The van der Waals surface area contributed by atoms with Gasteiger partial charge in [-0.25, -0.2) is 8.78 Å². The minimum absolute atomic E-state index is 0.722. The van der Waals surface area contributed by atoms with Crippen LogP contribution in [0.4, 0.5) is 8.78 Å². The highest BCUT2D eigenvalue weighted by molar-refractivity contribution is 6.17. The van der Waals surface area contributed by atoms with Crippen LogP contribution in [0.1, 0.15) is 13.8 Å². The second-order valence-corrected chi connectivity index (χ2v) is 1.32. The number of hydrogen-bond acceptors (Lipinski definition) is 0. The van der Waals surface area contributed by atoms with Crippen LogP contribution in [0.5, 0.6) is 0 Å². The first-order valence-electron chi connectivity index (χ1n) is 1.99. The Bertz CT molecular complexity index is 20.9. The van der Waals surface area contributed by atoms with Crippen LogP contribution in [-0.4, -0.2) is 12.3 Å². The van der Waals surface area contributed by atoms with Gasteiger partial charge in [0.15, 0.2) is 0 Å². The highest BCUT2D eigenvalue weighted by Gasteiger charge is 1.79. The zero-order valence-corrected chi connectivity index (χ0v) is 5.17. The molecule has 0 aliphatic rings. The Morgan fingerprint density at radius 2 is 1.57 bits per heavy atom. The molecule has 0 aliphatic carbocycles. The van der Waals surface area contributed by atoms with Crippen molar-refractivity contribution in [2.24, 2.45) is 0 Å². The Labute approximate surface area is 47.5 Å². The second-order valence-electron chi connectivity index (χ2n) is 0.786. The molecule has 0 rings (SSSR count). The van der Waals surface area contributed by atoms with E-state index in [2.05, 4.69) is 0 Å². The second kappa shape index (κ2) is 9.47. The van der Waals surface area contributed by atoms with Crippen molar-refractivity contribution in [2.45, 2.75) is 20.3 Å². The summed E-state index contributed by atoms with van der Waals surface area (Å²) in [6.45, 7) is 2.72. The molecule has 0 spiro atoms. The molecule has 3 heteroatoms. The van der Waals surface area contributed by atoms with Crippen LogP contribution in [0, 0.1) is 0 Å². The van der Waals surface area contributed by atoms with Crippen LogP contribution in [0.3, 0.4) is 0 Å². The molecule has 7 heavy (non-hydrogen) atoms. The van der Waals surface area contributed by atoms with Gasteiger partial charge in [-0.15, -0.1) is 11.6 Å². The van der Waals surface area contributed by atoms with E-state index in [-0.39, 0.29) is 0 Å². The van der Waals surface area contributed by atoms with E-state index in [9.17, 15) is 8.78 Å². The minimum atomic E-state index is -2.17. The van der Waals surface area contributed by atoms with Gasteiger partial charge in [0.1, 0.15) is 0 Å². The largest absolute Gasteiger partial charge is 0.235 e. The summed E-state index contributed by atoms with van der Waals surface area (Å²) in [6, 6.07) is 0. The van der Waals surface area contributed by atoms with Gasteiger partial charge >= 0.3 is 0 Å². The fourth-order valence-corrected chi connectivity index (χ4v) is 0. The van der Waals surface area contributed by atoms with Crippen LogP contribution in [0.2, 0.25) is 0 Å². The molecule has 0 radical (unpaired) electrons. The van der Waals surface area contributed by atoms with Crippen LogP contribution < -0.4 is 0 Å². The van der Waals surface area contributed by atoms with Crippen molar-refractivity contribution in [1.82, 2.24) is 0 Å². The van der Waals surface area contributed by atoms with Crippen LogP contribution >= 0.6 is 11.6 Å². The molecule has 0 aromatic rings. The Kier molecular flexibility index (Phi) is 13.8. The van der Waals surface area contributed by atoms with Crippen molar-refractivity contribution in [2.75, 3.05) is 5.88 Å². The molecule has 0 N–H and O–H groups in total. The molecule has 0 aromatic carbocycles. The number of hydrogen-bond donors (Lipinski definition) is 0. The van der Waals surface area contributed by atoms with Crippen LogP contribution in [0.25, 0.3) is 0 Å². The van der Waals surface area contributed by atoms with Gasteiger partial charge in [0.2, 0.25) is 6.43 Å². The third kappa shape index (κ3) is 4710. The summed E-state index contributed by atoms with van der Waals surface area (Å²) in [5.74, 6) is 0.722. The predicted octanol–water partition coefficient (Wildman–Crippen LogP) is 2.52. The Hall–Kier alpha value is 0.150. The summed E-state index contributed by atoms with van der Waals surface area (Å²) in [5.41, 5.74) is 0. The Morgan fingerprint density at radius 1 is 1.57 bits per heavy atom. The van der Waals surface area contributed by atoms with Gasteiger partial charge in [0.25, 0.3) is 0 Å². The zero-order chi connectivity index (χ0) is 6.28. The van der Waals surface area contributed by atoms with E-state index < -0.39 is 6.43 Å². The van der Waals surface area contributed by atoms with Crippen molar-refractivity contribution in [3.05, 3.63) is 0 Å². The lowest BCUT2D eigenvalue weighted by Crippen LogP contribution is -1.69. The monoisotopic (exact) mass is 130 g/mol. The first-order chi connectivity index (χ1) is 3.15. The standard InChI is InChI=1S/C2H5Cl.C2H4F2/c1-2-3;1-2(3)4/h2H2,1H3;2H,1H3. The molecule has 0 nitrogen and oxygen atoms in total. The van der Waals surface area contributed by atoms with Gasteiger partial charge in [-0.2, -0.15) is 0 Å². The van der Waals surface area contributed by atoms with Gasteiger partial charge < -0.3 is 0 Å². The summed E-state index contributed by atoms with van der Waals surface area (Å²) in [5, 5.41) is 0. The SMILES string of the molecule is CC(F)F.CCCl. The van der Waals surface area contributed by atoms with Crippen LogP contribution in [-0.2, 0) is 0 Å². The number of alkyl halides is 3. The van der Waals surface area contributed by atoms with Crippen molar-refractivity contribution in [1.29, 1.82) is 0 Å². The molecule has 0 fully saturated rings. The summed E-state index contributed by atoms with van der Waals surface area (Å²) in [7, 11) is 0. The van der Waals surface area contributed by atoms with E-state index in [1.165, 1.54) is 0 Å². The molecule has 0 aromatic heterocycles. The maximum Gasteiger partial charge on any atom is 0.235 e. The molecule has 0 saturated carbocycles. The van der Waals surface area contributed by atoms with Crippen molar-refractivity contribution in [3.63, 3.8) is 0 Å². The molecule has 46 valence electrons. The first kappa shape index (κ1) is 10.2. The number of halogens is 3. The van der Waals surface area contributed by atoms with E-state index in [0.717, 1.165) is 12.8 Å². The van der Waals surface area contributed by atoms with Gasteiger partial charge in [-0.1, -0.05) is 6.92 Å². The molecule has 0 saturated heterocycles. The quantitative estimate of drug-likeness (QED) is 0.442. The molecule has 0 amide bonds. The van der Waals surface area contributed by atoms with E-state index >= 15 is 0 Å². The molecule has 0 aliphatic heterocycles. The average molecular weight is 131 g/mol. The highest BCUT2D eigenvalue weighted by atomic mass is 35.5. The van der Waals surface area contributed by atoms with Crippen molar-refractivity contribution in [3.8, 4) is 0 Å². The molecular formula is C4H9ClF2. The van der Waals surface area contributed by atoms with Gasteiger partial charge in [-0.05, 0) is 6.92 Å². The zero-order valence-electron chi connectivity index (χ0n) is 4.42. The molecular weight excluding hydrogens is 121 g/mol. The fourth-order valence-electron chi connectivity index (χ4n) is 0. The lowest BCUT2D eigenvalue weighted by Gasteiger charge is -1.70. The van der Waals surface area contributed by atoms with Crippen molar-refractivity contribution >= 4 is 11.6 Å². The maximum absolute atomic E-state index is 10.3. The van der Waals surface area contributed by atoms with E-state index in [4.69, 9.17) is 11.6 Å². The van der Waals surface area contributed by atoms with Crippen LogP contribution in [0.15, 0.2) is 0 Å². The molecule has 0 heterocycles. The van der Waals surface area contributed by atoms with Gasteiger partial charge in [0.05, 0.1) is 0 Å². The maximum atomic E-state index is 10.3. The van der Waals surface area contributed by atoms with E-state index in [1.807, 2.05) is 6.92 Å². The number of rotatable bonds is 0. The minimum Gasteiger partial charge on any atom is -0.211 e. The third-order valence-corrected chi connectivity index (χ3v) is 0. The third-order valence-electron chi connectivity index (χ3n) is 0. The molecule has 0 atom stereocenters. The smallest absolute Gasteiger partial charge is 0.211 e.